The van der Waals surface area contributed by atoms with E-state index in [-0.39, 0.29) is 11.2 Å². The molecule has 0 saturated heterocycles. The number of fused-ring (bicyclic) bond motifs is 1. The molecule has 0 bridgehead atoms. The van der Waals surface area contributed by atoms with Gasteiger partial charge in [-0.25, -0.2) is 0 Å². The van der Waals surface area contributed by atoms with Crippen LogP contribution in [0, 0.1) is 0 Å². The van der Waals surface area contributed by atoms with Crippen LogP contribution >= 0.6 is 11.8 Å². The number of aryl methyl sites for hydroxylation is 1. The second kappa shape index (κ2) is 8.04. The van der Waals surface area contributed by atoms with Crippen LogP contribution in [-0.4, -0.2) is 25.9 Å². The van der Waals surface area contributed by atoms with Crippen molar-refractivity contribution in [2.45, 2.75) is 69.3 Å². The molecule has 1 aliphatic rings. The predicted molar refractivity (Wildman–Crippen MR) is 102 cm³/mol. The van der Waals surface area contributed by atoms with Gasteiger partial charge in [0.15, 0.2) is 5.16 Å². The Hall–Kier alpha value is -1.82. The van der Waals surface area contributed by atoms with Crippen LogP contribution in [0.2, 0.25) is 0 Å². The summed E-state index contributed by atoms with van der Waals surface area (Å²) < 4.78 is 2.18. The van der Waals surface area contributed by atoms with E-state index in [0.29, 0.717) is 5.92 Å². The topological polar surface area (TPSA) is 59.8 Å². The van der Waals surface area contributed by atoms with Gasteiger partial charge in [-0.05, 0) is 43.4 Å². The molecular weight excluding hydrogens is 332 g/mol. The van der Waals surface area contributed by atoms with Gasteiger partial charge in [0, 0.05) is 18.7 Å². The number of hydrogen-bond acceptors (Lipinski definition) is 4. The number of benzene rings is 1. The molecule has 0 spiro atoms. The maximum absolute atomic E-state index is 12.5. The van der Waals surface area contributed by atoms with Crippen molar-refractivity contribution in [3.05, 3.63) is 35.7 Å². The Kier molecular flexibility index (Phi) is 5.78. The molecule has 1 aromatic carbocycles. The number of anilines is 1. The molecular formula is C19H26N4OS. The molecule has 2 aromatic rings. The molecule has 2 heterocycles. The van der Waals surface area contributed by atoms with Gasteiger partial charge in [0.1, 0.15) is 5.82 Å². The summed E-state index contributed by atoms with van der Waals surface area (Å²) in [7, 11) is 0. The minimum atomic E-state index is -0.221. The van der Waals surface area contributed by atoms with E-state index in [1.54, 1.807) is 0 Å². The van der Waals surface area contributed by atoms with Crippen molar-refractivity contribution in [3.63, 3.8) is 0 Å². The average molecular weight is 359 g/mol. The second-order valence-electron chi connectivity index (χ2n) is 6.89. The molecule has 1 amide bonds. The highest BCUT2D eigenvalue weighted by Gasteiger charge is 2.21. The van der Waals surface area contributed by atoms with Crippen molar-refractivity contribution in [3.8, 4) is 0 Å². The summed E-state index contributed by atoms with van der Waals surface area (Å²) in [5.74, 6) is 1.53. The first-order valence-corrected chi connectivity index (χ1v) is 9.92. The fourth-order valence-electron chi connectivity index (χ4n) is 2.95. The number of aromatic nitrogens is 3. The first-order valence-electron chi connectivity index (χ1n) is 9.04. The summed E-state index contributed by atoms with van der Waals surface area (Å²) in [5, 5.41) is 12.2. The van der Waals surface area contributed by atoms with E-state index in [1.807, 2.05) is 19.1 Å². The van der Waals surface area contributed by atoms with Crippen molar-refractivity contribution in [2.75, 3.05) is 5.32 Å². The molecule has 5 nitrogen and oxygen atoms in total. The lowest BCUT2D eigenvalue weighted by Crippen LogP contribution is -2.23. The van der Waals surface area contributed by atoms with E-state index < -0.39 is 0 Å². The Bertz CT molecular complexity index is 724. The van der Waals surface area contributed by atoms with E-state index in [4.69, 9.17) is 0 Å². The Balaban J connectivity index is 1.62. The fraction of sp³-hybridized carbons (Fsp3) is 0.526. The lowest BCUT2D eigenvalue weighted by Gasteiger charge is -2.13. The quantitative estimate of drug-likeness (QED) is 0.812. The van der Waals surface area contributed by atoms with E-state index in [0.717, 1.165) is 36.1 Å². The van der Waals surface area contributed by atoms with Crippen LogP contribution < -0.4 is 5.32 Å². The Morgan fingerprint density at radius 2 is 1.88 bits per heavy atom. The molecule has 3 rings (SSSR count). The fourth-order valence-corrected chi connectivity index (χ4v) is 3.85. The standard InChI is InChI=1S/C19H26N4OS/c1-13(2)15-8-10-16(11-9-15)20-18(24)14(3)25-19-22-21-17-7-5-4-6-12-23(17)19/h8-11,13-14H,4-7,12H2,1-3H3,(H,20,24)/t14-/m1/s1. The largest absolute Gasteiger partial charge is 0.325 e. The number of nitrogens with one attached hydrogen (secondary N) is 1. The highest BCUT2D eigenvalue weighted by Crippen LogP contribution is 2.26. The summed E-state index contributed by atoms with van der Waals surface area (Å²) in [4.78, 5) is 12.5. The van der Waals surface area contributed by atoms with Crippen molar-refractivity contribution in [2.24, 2.45) is 0 Å². The number of amides is 1. The summed E-state index contributed by atoms with van der Waals surface area (Å²) in [6.45, 7) is 7.19. The van der Waals surface area contributed by atoms with E-state index in [9.17, 15) is 4.79 Å². The number of thioether (sulfide) groups is 1. The molecule has 1 aliphatic heterocycles. The maximum atomic E-state index is 12.5. The molecule has 0 saturated carbocycles. The summed E-state index contributed by atoms with van der Waals surface area (Å²) >= 11 is 1.49. The van der Waals surface area contributed by atoms with Crippen molar-refractivity contribution in [1.82, 2.24) is 14.8 Å². The lowest BCUT2D eigenvalue weighted by molar-refractivity contribution is -0.115. The van der Waals surface area contributed by atoms with Gasteiger partial charge in [0.25, 0.3) is 0 Å². The first kappa shape index (κ1) is 18.0. The minimum absolute atomic E-state index is 0.00623. The molecule has 1 aromatic heterocycles. The van der Waals surface area contributed by atoms with E-state index in [1.165, 1.54) is 30.2 Å². The molecule has 0 aliphatic carbocycles. The number of carbonyl (C=O) groups is 1. The zero-order valence-corrected chi connectivity index (χ0v) is 16.0. The van der Waals surface area contributed by atoms with Gasteiger partial charge in [0.2, 0.25) is 5.91 Å². The van der Waals surface area contributed by atoms with Gasteiger partial charge in [-0.2, -0.15) is 0 Å². The average Bonchev–Trinajstić information content (AvgIpc) is 2.82. The van der Waals surface area contributed by atoms with E-state index in [2.05, 4.69) is 46.1 Å². The van der Waals surface area contributed by atoms with E-state index >= 15 is 0 Å². The van der Waals surface area contributed by atoms with Crippen LogP contribution in [0.5, 0.6) is 0 Å². The first-order chi connectivity index (χ1) is 12.0. The van der Waals surface area contributed by atoms with Crippen LogP contribution in [0.4, 0.5) is 5.69 Å². The molecule has 1 atom stereocenters. The number of carbonyl (C=O) groups excluding carboxylic acids is 1. The summed E-state index contributed by atoms with van der Waals surface area (Å²) in [6, 6.07) is 8.06. The smallest absolute Gasteiger partial charge is 0.237 e. The molecule has 0 fully saturated rings. The third-order valence-corrected chi connectivity index (χ3v) is 5.65. The van der Waals surface area contributed by atoms with Crippen LogP contribution in [0.25, 0.3) is 0 Å². The van der Waals surface area contributed by atoms with Gasteiger partial charge in [-0.15, -0.1) is 10.2 Å². The Morgan fingerprint density at radius 1 is 1.12 bits per heavy atom. The molecule has 6 heteroatoms. The SMILES string of the molecule is CC(C)c1ccc(NC(=O)[C@@H](C)Sc2nnc3n2CCCCC3)cc1. The molecule has 0 unspecified atom stereocenters. The van der Waals surface area contributed by atoms with Crippen LogP contribution in [0.1, 0.15) is 57.3 Å². The van der Waals surface area contributed by atoms with Gasteiger partial charge in [-0.3, -0.25) is 4.79 Å². The maximum Gasteiger partial charge on any atom is 0.237 e. The number of rotatable bonds is 5. The van der Waals surface area contributed by atoms with Crippen LogP contribution in [0.3, 0.4) is 0 Å². The minimum Gasteiger partial charge on any atom is -0.325 e. The molecule has 1 N–H and O–H groups in total. The van der Waals surface area contributed by atoms with Crippen LogP contribution in [-0.2, 0) is 17.8 Å². The third kappa shape index (κ3) is 4.42. The second-order valence-corrected chi connectivity index (χ2v) is 8.20. The zero-order chi connectivity index (χ0) is 17.8. The Labute approximate surface area is 153 Å². The normalized spacial score (nSPS) is 15.5. The van der Waals surface area contributed by atoms with Gasteiger partial charge in [-0.1, -0.05) is 44.2 Å². The number of hydrogen-bond donors (Lipinski definition) is 1. The van der Waals surface area contributed by atoms with Crippen molar-refractivity contribution < 1.29 is 4.79 Å². The van der Waals surface area contributed by atoms with Gasteiger partial charge in [0.05, 0.1) is 5.25 Å². The van der Waals surface area contributed by atoms with Gasteiger partial charge < -0.3 is 9.88 Å². The zero-order valence-electron chi connectivity index (χ0n) is 15.2. The van der Waals surface area contributed by atoms with Crippen molar-refractivity contribution in [1.29, 1.82) is 0 Å². The molecule has 0 radical (unpaired) electrons. The predicted octanol–water partition coefficient (Wildman–Crippen LogP) is 4.25. The highest BCUT2D eigenvalue weighted by atomic mass is 32.2. The summed E-state index contributed by atoms with van der Waals surface area (Å²) in [6.07, 6.45) is 4.54. The lowest BCUT2D eigenvalue weighted by atomic mass is 10.0. The summed E-state index contributed by atoms with van der Waals surface area (Å²) in [5.41, 5.74) is 2.11. The van der Waals surface area contributed by atoms with Gasteiger partial charge >= 0.3 is 0 Å². The van der Waals surface area contributed by atoms with Crippen LogP contribution in [0.15, 0.2) is 29.4 Å². The third-order valence-electron chi connectivity index (χ3n) is 4.57. The Morgan fingerprint density at radius 3 is 2.60 bits per heavy atom. The highest BCUT2D eigenvalue weighted by molar-refractivity contribution is 8.00. The number of nitrogens with zero attached hydrogens (tertiary/aromatic N) is 3. The molecule has 134 valence electrons. The van der Waals surface area contributed by atoms with Crippen molar-refractivity contribution >= 4 is 23.4 Å². The molecule has 25 heavy (non-hydrogen) atoms. The monoisotopic (exact) mass is 358 g/mol.